The van der Waals surface area contributed by atoms with Gasteiger partial charge in [-0.2, -0.15) is 0 Å². The van der Waals surface area contributed by atoms with Gasteiger partial charge in [0.2, 0.25) is 0 Å². The number of carbonyl (C=O) groups is 1. The Morgan fingerprint density at radius 2 is 1.67 bits per heavy atom. The molecule has 3 aromatic rings. The lowest BCUT2D eigenvalue weighted by molar-refractivity contribution is 0.102. The van der Waals surface area contributed by atoms with E-state index in [1.807, 2.05) is 13.8 Å². The van der Waals surface area contributed by atoms with Crippen molar-refractivity contribution in [2.24, 2.45) is 0 Å². The standard InChI is InChI=1S/C18H16FN3O3S2/c1-11-12(2)26-18(20-11)21-17(23)13-3-7-15(8-4-13)22-27(24,25)16-9-5-14(19)6-10-16/h3-10,22H,1-2H3,(H,20,21,23). The highest BCUT2D eigenvalue weighted by atomic mass is 32.2. The summed E-state index contributed by atoms with van der Waals surface area (Å²) in [6.45, 7) is 3.79. The van der Waals surface area contributed by atoms with Crippen LogP contribution in [0.1, 0.15) is 20.9 Å². The highest BCUT2D eigenvalue weighted by molar-refractivity contribution is 7.92. The number of aromatic nitrogens is 1. The number of aryl methyl sites for hydroxylation is 2. The van der Waals surface area contributed by atoms with Crippen LogP contribution in [0, 0.1) is 19.7 Å². The number of rotatable bonds is 5. The van der Waals surface area contributed by atoms with E-state index in [1.54, 1.807) is 0 Å². The molecule has 1 amide bonds. The van der Waals surface area contributed by atoms with Crippen LogP contribution in [0.15, 0.2) is 53.4 Å². The number of sulfonamides is 1. The fourth-order valence-corrected chi connectivity index (χ4v) is 4.08. The van der Waals surface area contributed by atoms with Gasteiger partial charge in [0.05, 0.1) is 10.6 Å². The zero-order valence-corrected chi connectivity index (χ0v) is 16.1. The van der Waals surface area contributed by atoms with Gasteiger partial charge >= 0.3 is 0 Å². The average Bonchev–Trinajstić information content (AvgIpc) is 2.93. The summed E-state index contributed by atoms with van der Waals surface area (Å²) in [5.41, 5.74) is 1.52. The number of benzene rings is 2. The molecule has 140 valence electrons. The van der Waals surface area contributed by atoms with Gasteiger partial charge in [0.15, 0.2) is 5.13 Å². The van der Waals surface area contributed by atoms with Crippen LogP contribution in [0.2, 0.25) is 0 Å². The number of hydrogen-bond acceptors (Lipinski definition) is 5. The van der Waals surface area contributed by atoms with Crippen molar-refractivity contribution >= 4 is 38.1 Å². The lowest BCUT2D eigenvalue weighted by atomic mass is 10.2. The highest BCUT2D eigenvalue weighted by Gasteiger charge is 2.15. The minimum atomic E-state index is -3.84. The molecule has 0 bridgehead atoms. The first-order valence-electron chi connectivity index (χ1n) is 7.88. The zero-order valence-electron chi connectivity index (χ0n) is 14.5. The third kappa shape index (κ3) is 4.50. The number of anilines is 2. The fraction of sp³-hybridized carbons (Fsp3) is 0.111. The minimum Gasteiger partial charge on any atom is -0.298 e. The van der Waals surface area contributed by atoms with Crippen LogP contribution in [-0.4, -0.2) is 19.3 Å². The van der Waals surface area contributed by atoms with Crippen molar-refractivity contribution in [3.63, 3.8) is 0 Å². The first-order chi connectivity index (χ1) is 12.7. The molecule has 0 radical (unpaired) electrons. The van der Waals surface area contributed by atoms with Gasteiger partial charge < -0.3 is 0 Å². The predicted octanol–water partition coefficient (Wildman–Crippen LogP) is 3.95. The molecule has 3 rings (SSSR count). The summed E-state index contributed by atoms with van der Waals surface area (Å²) in [6.07, 6.45) is 0. The number of halogens is 1. The zero-order chi connectivity index (χ0) is 19.6. The lowest BCUT2D eigenvalue weighted by Gasteiger charge is -2.09. The Morgan fingerprint density at radius 3 is 2.22 bits per heavy atom. The third-order valence-electron chi connectivity index (χ3n) is 3.77. The molecule has 1 aromatic heterocycles. The van der Waals surface area contributed by atoms with E-state index in [2.05, 4.69) is 15.0 Å². The SMILES string of the molecule is Cc1nc(NC(=O)c2ccc(NS(=O)(=O)c3ccc(F)cc3)cc2)sc1C. The van der Waals surface area contributed by atoms with Crippen LogP contribution in [-0.2, 0) is 10.0 Å². The molecule has 0 aliphatic carbocycles. The second-order valence-electron chi connectivity index (χ2n) is 5.75. The van der Waals surface area contributed by atoms with Crippen molar-refractivity contribution in [3.8, 4) is 0 Å². The monoisotopic (exact) mass is 405 g/mol. The summed E-state index contributed by atoms with van der Waals surface area (Å²) >= 11 is 1.39. The van der Waals surface area contributed by atoms with Crippen LogP contribution >= 0.6 is 11.3 Å². The topological polar surface area (TPSA) is 88.2 Å². The van der Waals surface area contributed by atoms with Crippen molar-refractivity contribution in [2.45, 2.75) is 18.7 Å². The maximum Gasteiger partial charge on any atom is 0.261 e. The summed E-state index contributed by atoms with van der Waals surface area (Å²) in [5, 5.41) is 3.22. The van der Waals surface area contributed by atoms with E-state index in [1.165, 1.54) is 47.7 Å². The van der Waals surface area contributed by atoms with Gasteiger partial charge in [-0.3, -0.25) is 14.8 Å². The predicted molar refractivity (Wildman–Crippen MR) is 103 cm³/mol. The second kappa shape index (κ2) is 7.45. The van der Waals surface area contributed by atoms with Crippen LogP contribution in [0.5, 0.6) is 0 Å². The molecule has 0 unspecified atom stereocenters. The first-order valence-corrected chi connectivity index (χ1v) is 10.2. The molecule has 0 saturated carbocycles. The smallest absolute Gasteiger partial charge is 0.261 e. The lowest BCUT2D eigenvalue weighted by Crippen LogP contribution is -2.14. The third-order valence-corrected chi connectivity index (χ3v) is 6.16. The Bertz CT molecular complexity index is 1060. The summed E-state index contributed by atoms with van der Waals surface area (Å²) < 4.78 is 39.9. The Balaban J connectivity index is 1.71. The molecule has 27 heavy (non-hydrogen) atoms. The molecule has 0 aliphatic rings. The van der Waals surface area contributed by atoms with Gasteiger partial charge in [-0.25, -0.2) is 17.8 Å². The maximum absolute atomic E-state index is 12.9. The molecule has 9 heteroatoms. The Kier molecular flexibility index (Phi) is 5.24. The van der Waals surface area contributed by atoms with E-state index in [9.17, 15) is 17.6 Å². The van der Waals surface area contributed by atoms with Crippen molar-refractivity contribution < 1.29 is 17.6 Å². The summed E-state index contributed by atoms with van der Waals surface area (Å²) in [4.78, 5) is 17.5. The first kappa shape index (κ1) is 19.0. The molecular formula is C18H16FN3O3S2. The van der Waals surface area contributed by atoms with Gasteiger partial charge in [-0.05, 0) is 62.4 Å². The Morgan fingerprint density at radius 1 is 1.04 bits per heavy atom. The molecule has 0 aliphatic heterocycles. The molecule has 0 atom stereocenters. The van der Waals surface area contributed by atoms with E-state index in [0.29, 0.717) is 10.7 Å². The maximum atomic E-state index is 12.9. The number of nitrogens with one attached hydrogen (secondary N) is 2. The van der Waals surface area contributed by atoms with Crippen molar-refractivity contribution in [3.05, 3.63) is 70.5 Å². The fourth-order valence-electron chi connectivity index (χ4n) is 2.21. The number of carbonyl (C=O) groups excluding carboxylic acids is 1. The number of amides is 1. The van der Waals surface area contributed by atoms with Crippen molar-refractivity contribution in [2.75, 3.05) is 10.0 Å². The van der Waals surface area contributed by atoms with Gasteiger partial charge in [0.1, 0.15) is 5.82 Å². The number of thiazole rings is 1. The highest BCUT2D eigenvalue weighted by Crippen LogP contribution is 2.22. The van der Waals surface area contributed by atoms with E-state index < -0.39 is 15.8 Å². The Hall–Kier alpha value is -2.78. The molecular weight excluding hydrogens is 389 g/mol. The van der Waals surface area contributed by atoms with Gasteiger partial charge in [-0.1, -0.05) is 0 Å². The summed E-state index contributed by atoms with van der Waals surface area (Å²) in [5.74, 6) is -0.855. The van der Waals surface area contributed by atoms with E-state index in [4.69, 9.17) is 0 Å². The van der Waals surface area contributed by atoms with Crippen LogP contribution < -0.4 is 10.0 Å². The van der Waals surface area contributed by atoms with Gasteiger partial charge in [-0.15, -0.1) is 11.3 Å². The molecule has 0 fully saturated rings. The second-order valence-corrected chi connectivity index (χ2v) is 8.64. The normalized spacial score (nSPS) is 11.2. The van der Waals surface area contributed by atoms with Crippen molar-refractivity contribution in [1.82, 2.24) is 4.98 Å². The summed E-state index contributed by atoms with van der Waals surface area (Å²) in [7, 11) is -3.84. The molecule has 0 spiro atoms. The largest absolute Gasteiger partial charge is 0.298 e. The van der Waals surface area contributed by atoms with E-state index in [0.717, 1.165) is 22.7 Å². The van der Waals surface area contributed by atoms with E-state index >= 15 is 0 Å². The molecule has 2 aromatic carbocycles. The van der Waals surface area contributed by atoms with Crippen LogP contribution in [0.3, 0.4) is 0 Å². The quantitative estimate of drug-likeness (QED) is 0.673. The minimum absolute atomic E-state index is 0.0553. The number of hydrogen-bond donors (Lipinski definition) is 2. The summed E-state index contributed by atoms with van der Waals surface area (Å²) in [6, 6.07) is 10.5. The molecule has 6 nitrogen and oxygen atoms in total. The molecule has 1 heterocycles. The van der Waals surface area contributed by atoms with Crippen LogP contribution in [0.4, 0.5) is 15.2 Å². The van der Waals surface area contributed by atoms with Gasteiger partial charge in [0, 0.05) is 16.1 Å². The number of nitrogens with zero attached hydrogens (tertiary/aromatic N) is 1. The Labute approximate surface area is 160 Å². The van der Waals surface area contributed by atoms with E-state index in [-0.39, 0.29) is 16.5 Å². The van der Waals surface area contributed by atoms with Gasteiger partial charge in [0.25, 0.3) is 15.9 Å². The molecule has 2 N–H and O–H groups in total. The average molecular weight is 405 g/mol. The molecule has 0 saturated heterocycles. The van der Waals surface area contributed by atoms with Crippen LogP contribution in [0.25, 0.3) is 0 Å². The van der Waals surface area contributed by atoms with Crippen molar-refractivity contribution in [1.29, 1.82) is 0 Å².